The fourth-order valence-corrected chi connectivity index (χ4v) is 3.35. The molecule has 3 atom stereocenters. The van der Waals surface area contributed by atoms with Gasteiger partial charge in [-0.05, 0) is 29.7 Å². The van der Waals surface area contributed by atoms with Gasteiger partial charge in [0.05, 0.1) is 13.2 Å². The zero-order chi connectivity index (χ0) is 19.6. The molecule has 2 rings (SSSR count). The van der Waals surface area contributed by atoms with Crippen LogP contribution in [-0.2, 0) is 29.6 Å². The minimum atomic E-state index is -1.30. The zero-order valence-electron chi connectivity index (χ0n) is 18.5. The Hall–Kier alpha value is 0.0500. The Morgan fingerprint density at radius 2 is 1.61 bits per heavy atom. The van der Waals surface area contributed by atoms with E-state index in [-0.39, 0.29) is 46.5 Å². The second kappa shape index (κ2) is 10.4. The van der Waals surface area contributed by atoms with Crippen LogP contribution in [0.3, 0.4) is 0 Å². The van der Waals surface area contributed by atoms with Gasteiger partial charge in [0.25, 0.3) is 5.79 Å². The molecule has 157 valence electrons. The van der Waals surface area contributed by atoms with Crippen LogP contribution in [0.4, 0.5) is 0 Å². The Morgan fingerprint density at radius 1 is 1.04 bits per heavy atom. The molecule has 3 N–H and O–H groups in total. The minimum Gasteiger partial charge on any atom is -0.447 e. The molecule has 1 fully saturated rings. The maximum atomic E-state index is 10.7. The average molecular weight is 426 g/mol. The first-order valence-corrected chi connectivity index (χ1v) is 9.66. The first-order valence-electron chi connectivity index (χ1n) is 8.72. The molecule has 1 heterocycles. The average Bonchev–Trinajstić information content (AvgIpc) is 2.51. The van der Waals surface area contributed by atoms with E-state index in [0.29, 0.717) is 19.0 Å². The number of methoxy groups -OCH3 is 1. The molecule has 1 aliphatic rings. The summed E-state index contributed by atoms with van der Waals surface area (Å²) in [6.07, 6.45) is 0. The predicted octanol–water partition coefficient (Wildman–Crippen LogP) is 4.13. The summed E-state index contributed by atoms with van der Waals surface area (Å²) in [7, 11) is 0.294. The third-order valence-corrected chi connectivity index (χ3v) is 4.96. The molecule has 0 aliphatic carbocycles. The van der Waals surface area contributed by atoms with E-state index in [1.165, 1.54) is 0 Å². The monoisotopic (exact) mass is 426 g/mol. The van der Waals surface area contributed by atoms with Crippen LogP contribution in [0.25, 0.3) is 0 Å². The topological polar surface area (TPSA) is 98.2 Å². The number of rotatable bonds is 7. The number of hydrogen-bond donors (Lipinski definition) is 1. The minimum absolute atomic E-state index is 0. The van der Waals surface area contributed by atoms with Gasteiger partial charge in [0, 0.05) is 47.6 Å². The van der Waals surface area contributed by atoms with Gasteiger partial charge in [-0.3, -0.25) is 4.57 Å². The molecule has 1 aliphatic heterocycles. The van der Waals surface area contributed by atoms with Crippen molar-refractivity contribution in [1.82, 2.24) is 6.15 Å². The van der Waals surface area contributed by atoms with Crippen LogP contribution in [-0.4, -0.2) is 55.5 Å². The standard InChI is InChI=1S/C19H31O6P.H3N.Na/c1-16(2,3)12-22-13-18(17(4,5)6)19(21-7,25-24-18)14-8-10-15(11-9-14)23-26-20;;/h8-11H,12-13,26H2,1-7H3;1H3;. The van der Waals surface area contributed by atoms with Gasteiger partial charge in [0.15, 0.2) is 5.60 Å². The zero-order valence-corrected chi connectivity index (χ0v) is 21.6. The largest absolute Gasteiger partial charge is 0.447 e. The number of benzene rings is 1. The fraction of sp³-hybridized carbons (Fsp3) is 0.684. The second-order valence-electron chi connectivity index (χ2n) is 8.86. The molecule has 7 nitrogen and oxygen atoms in total. The van der Waals surface area contributed by atoms with Crippen molar-refractivity contribution in [2.45, 2.75) is 52.9 Å². The molecule has 1 aromatic rings. The van der Waals surface area contributed by atoms with Gasteiger partial charge in [0.2, 0.25) is 8.69 Å². The van der Waals surface area contributed by atoms with Crippen molar-refractivity contribution < 1.29 is 28.3 Å². The van der Waals surface area contributed by atoms with Crippen LogP contribution in [0.15, 0.2) is 24.3 Å². The number of hydrogen-bond acceptors (Lipinski definition) is 7. The Kier molecular flexibility index (Phi) is 10.4. The van der Waals surface area contributed by atoms with Crippen molar-refractivity contribution in [3.63, 3.8) is 0 Å². The predicted molar refractivity (Wildman–Crippen MR) is 112 cm³/mol. The van der Waals surface area contributed by atoms with Gasteiger partial charge in [0.1, 0.15) is 5.75 Å². The molecule has 1 aromatic carbocycles. The molecule has 1 saturated heterocycles. The SMILES string of the molecule is COC1(c2ccc(O[PH2]=O)cc2)OOC1(COCC(C)(C)C)C(C)(C)C.N.[Na]. The summed E-state index contributed by atoms with van der Waals surface area (Å²) in [6, 6.07) is 7.15. The third kappa shape index (κ3) is 5.39. The maximum Gasteiger partial charge on any atom is 0.262 e. The molecule has 0 aromatic heterocycles. The summed E-state index contributed by atoms with van der Waals surface area (Å²) < 4.78 is 27.7. The van der Waals surface area contributed by atoms with Crippen LogP contribution < -0.4 is 10.7 Å². The second-order valence-corrected chi connectivity index (χ2v) is 9.28. The molecule has 0 amide bonds. The summed E-state index contributed by atoms with van der Waals surface area (Å²) in [5.74, 6) is -0.568. The van der Waals surface area contributed by atoms with Crippen LogP contribution in [0.1, 0.15) is 47.1 Å². The van der Waals surface area contributed by atoms with Gasteiger partial charge >= 0.3 is 0 Å². The van der Waals surface area contributed by atoms with Crippen LogP contribution >= 0.6 is 8.69 Å². The van der Waals surface area contributed by atoms with E-state index in [1.807, 2.05) is 12.1 Å². The van der Waals surface area contributed by atoms with Crippen molar-refractivity contribution in [3.8, 4) is 5.75 Å². The molecular weight excluding hydrogens is 392 g/mol. The van der Waals surface area contributed by atoms with Crippen LogP contribution in [0.5, 0.6) is 5.75 Å². The van der Waals surface area contributed by atoms with Crippen molar-refractivity contribution in [3.05, 3.63) is 29.8 Å². The van der Waals surface area contributed by atoms with Gasteiger partial charge in [-0.25, -0.2) is 4.89 Å². The Labute approximate surface area is 191 Å². The Bertz CT molecular complexity index is 627. The van der Waals surface area contributed by atoms with Gasteiger partial charge in [-0.1, -0.05) is 41.5 Å². The normalized spacial score (nSPS) is 25.0. The summed E-state index contributed by atoms with van der Waals surface area (Å²) >= 11 is 0. The molecule has 0 saturated carbocycles. The molecule has 3 unspecified atom stereocenters. The van der Waals surface area contributed by atoms with Gasteiger partial charge in [-0.15, -0.1) is 0 Å². The Balaban J connectivity index is 0.00000364. The fourth-order valence-electron chi connectivity index (χ4n) is 3.08. The first kappa shape index (κ1) is 28.1. The quantitative estimate of drug-likeness (QED) is 0.398. The van der Waals surface area contributed by atoms with E-state index in [0.717, 1.165) is 5.56 Å². The number of ether oxygens (including phenoxy) is 2. The summed E-state index contributed by atoms with van der Waals surface area (Å²) in [5.41, 5.74) is -0.326. The molecule has 0 spiro atoms. The van der Waals surface area contributed by atoms with Crippen molar-refractivity contribution in [2.24, 2.45) is 10.8 Å². The van der Waals surface area contributed by atoms with E-state index >= 15 is 0 Å². The smallest absolute Gasteiger partial charge is 0.262 e. The van der Waals surface area contributed by atoms with E-state index in [9.17, 15) is 4.57 Å². The van der Waals surface area contributed by atoms with Crippen molar-refractivity contribution in [1.29, 1.82) is 0 Å². The van der Waals surface area contributed by atoms with E-state index < -0.39 is 20.1 Å². The molecule has 0 bridgehead atoms. The van der Waals surface area contributed by atoms with Crippen molar-refractivity contribution >= 4 is 38.2 Å². The third-order valence-electron chi connectivity index (χ3n) is 4.59. The molecule has 1 radical (unpaired) electrons. The Morgan fingerprint density at radius 3 is 1.96 bits per heavy atom. The maximum absolute atomic E-state index is 10.7. The summed E-state index contributed by atoms with van der Waals surface area (Å²) in [4.78, 5) is 11.3. The van der Waals surface area contributed by atoms with Gasteiger partial charge < -0.3 is 20.1 Å². The van der Waals surface area contributed by atoms with Crippen LogP contribution in [0.2, 0.25) is 0 Å². The van der Waals surface area contributed by atoms with Crippen LogP contribution in [0, 0.1) is 10.8 Å². The van der Waals surface area contributed by atoms with Crippen molar-refractivity contribution in [2.75, 3.05) is 20.3 Å². The summed E-state index contributed by atoms with van der Waals surface area (Å²) in [5, 5.41) is 0. The van der Waals surface area contributed by atoms with Gasteiger partial charge in [-0.2, -0.15) is 4.89 Å². The molecular formula is C19H34NNaO6P. The van der Waals surface area contributed by atoms with E-state index in [4.69, 9.17) is 23.8 Å². The van der Waals surface area contributed by atoms with E-state index in [1.54, 1.807) is 19.2 Å². The molecule has 9 heteroatoms. The van der Waals surface area contributed by atoms with E-state index in [2.05, 4.69) is 41.5 Å². The first-order chi connectivity index (χ1) is 12.0. The molecule has 28 heavy (non-hydrogen) atoms. The summed E-state index contributed by atoms with van der Waals surface area (Å²) in [6.45, 7) is 13.5.